The molecule has 34 heavy (non-hydrogen) atoms. The quantitative estimate of drug-likeness (QED) is 0.548. The van der Waals surface area contributed by atoms with Crippen LogP contribution in [0, 0.1) is 11.8 Å². The molecule has 0 radical (unpaired) electrons. The first kappa shape index (κ1) is 22.7. The molecule has 1 aromatic heterocycles. The maximum atomic E-state index is 11.1. The number of aliphatic carboxylic acids is 1. The molecular formula is C25H26BrN5O3. The number of nitrogens with zero attached hydrogens (tertiary/aromatic N) is 4. The highest BCUT2D eigenvalue weighted by molar-refractivity contribution is 9.12. The fraction of sp³-hybridized carbons (Fsp3) is 0.360. The van der Waals surface area contributed by atoms with Crippen LogP contribution in [-0.2, 0) is 4.79 Å². The number of benzene rings is 1. The van der Waals surface area contributed by atoms with Gasteiger partial charge in [-0.1, -0.05) is 36.4 Å². The summed E-state index contributed by atoms with van der Waals surface area (Å²) in [6.07, 6.45) is 4.91. The number of aliphatic hydroxyl groups is 1. The van der Waals surface area contributed by atoms with Gasteiger partial charge in [-0.15, -0.1) is 0 Å². The van der Waals surface area contributed by atoms with E-state index in [-0.39, 0.29) is 23.9 Å². The number of carbonyl (C=O) groups is 1. The van der Waals surface area contributed by atoms with Crippen LogP contribution in [0.25, 0.3) is 11.3 Å². The monoisotopic (exact) mass is 523 g/mol. The van der Waals surface area contributed by atoms with Gasteiger partial charge in [0.2, 0.25) is 0 Å². The topological polar surface area (TPSA) is 124 Å². The van der Waals surface area contributed by atoms with E-state index in [0.717, 1.165) is 39.9 Å². The second-order valence-corrected chi connectivity index (χ2v) is 9.79. The van der Waals surface area contributed by atoms with E-state index in [0.29, 0.717) is 18.7 Å². The second-order valence-electron chi connectivity index (χ2n) is 9.00. The number of fused-ring (bicyclic) bond motifs is 1. The lowest BCUT2D eigenvalue weighted by atomic mass is 9.77. The van der Waals surface area contributed by atoms with Crippen molar-refractivity contribution in [2.75, 3.05) is 0 Å². The minimum Gasteiger partial charge on any atom is -0.479 e. The molecule has 0 bridgehead atoms. The molecule has 3 unspecified atom stereocenters. The number of aromatic nitrogens is 1. The average Bonchev–Trinajstić information content (AvgIpc) is 3.30. The van der Waals surface area contributed by atoms with Crippen molar-refractivity contribution in [2.45, 2.75) is 43.9 Å². The van der Waals surface area contributed by atoms with Crippen LogP contribution < -0.4 is 5.73 Å². The summed E-state index contributed by atoms with van der Waals surface area (Å²) in [5.74, 6) is -0.803. The molecule has 0 amide bonds. The largest absolute Gasteiger partial charge is 0.479 e. The molecule has 1 aromatic carbocycles. The molecule has 1 aliphatic carbocycles. The van der Waals surface area contributed by atoms with E-state index in [1.165, 1.54) is 0 Å². The Morgan fingerprint density at radius 1 is 1.12 bits per heavy atom. The van der Waals surface area contributed by atoms with Crippen molar-refractivity contribution >= 4 is 33.8 Å². The minimum absolute atomic E-state index is 0.0864. The van der Waals surface area contributed by atoms with Crippen molar-refractivity contribution in [1.82, 2.24) is 9.99 Å². The highest BCUT2D eigenvalue weighted by Gasteiger charge is 2.41. The summed E-state index contributed by atoms with van der Waals surface area (Å²) in [4.78, 5) is 20.9. The molecule has 8 nitrogen and oxygen atoms in total. The number of allylic oxidation sites excluding steroid dienone is 1. The van der Waals surface area contributed by atoms with Gasteiger partial charge in [-0.2, -0.15) is 5.10 Å². The van der Waals surface area contributed by atoms with Gasteiger partial charge in [0.1, 0.15) is 5.82 Å². The predicted octanol–water partition coefficient (Wildman–Crippen LogP) is 3.69. The predicted molar refractivity (Wildman–Crippen MR) is 133 cm³/mol. The SMILES string of the molecule is NC1=C(Br)C([C@H]2CC[C@@H](C(O)C(=O)O)CC2)=NC2C(c3ccc(-c4ccccc4)nc3)C=NN12. The van der Waals surface area contributed by atoms with E-state index in [1.807, 2.05) is 48.8 Å². The zero-order chi connectivity index (χ0) is 23.8. The number of aliphatic imine (C=N–C) groups is 1. The zero-order valence-electron chi connectivity index (χ0n) is 18.5. The van der Waals surface area contributed by atoms with Crippen molar-refractivity contribution in [3.8, 4) is 11.3 Å². The Labute approximate surface area is 206 Å². The number of rotatable bonds is 5. The van der Waals surface area contributed by atoms with Gasteiger partial charge >= 0.3 is 5.97 Å². The molecular weight excluding hydrogens is 498 g/mol. The fourth-order valence-electron chi connectivity index (χ4n) is 5.05. The molecule has 0 spiro atoms. The summed E-state index contributed by atoms with van der Waals surface area (Å²) in [6.45, 7) is 0. The minimum atomic E-state index is -1.31. The average molecular weight is 524 g/mol. The highest BCUT2D eigenvalue weighted by Crippen LogP contribution is 2.40. The molecule has 2 aliphatic heterocycles. The van der Waals surface area contributed by atoms with E-state index in [4.69, 9.17) is 15.8 Å². The third-order valence-corrected chi connectivity index (χ3v) is 7.80. The van der Waals surface area contributed by atoms with Crippen molar-refractivity contribution in [3.63, 3.8) is 0 Å². The van der Waals surface area contributed by atoms with E-state index in [9.17, 15) is 9.90 Å². The van der Waals surface area contributed by atoms with Gasteiger partial charge < -0.3 is 15.9 Å². The first-order valence-electron chi connectivity index (χ1n) is 11.4. The van der Waals surface area contributed by atoms with E-state index in [2.05, 4.69) is 32.1 Å². The number of hydrogen-bond acceptors (Lipinski definition) is 7. The molecule has 9 heteroatoms. The van der Waals surface area contributed by atoms with Crippen molar-refractivity contribution in [1.29, 1.82) is 0 Å². The number of carboxylic acid groups (broad SMARTS) is 1. The fourth-order valence-corrected chi connectivity index (χ4v) is 5.65. The second kappa shape index (κ2) is 9.31. The molecule has 1 fully saturated rings. The number of hydrazone groups is 1. The lowest BCUT2D eigenvalue weighted by Gasteiger charge is -2.35. The standard InChI is InChI=1S/C25H26BrN5O3/c26-20-21(15-6-8-16(9-7-15)22(32)25(33)34)30-24-18(13-29-31(24)23(20)27)17-10-11-19(28-12-17)14-4-2-1-3-5-14/h1-5,10-13,15-16,18,22,24,32H,6-9,27H2,(H,33,34)/t15-,16+,18?,22?,24?. The van der Waals surface area contributed by atoms with Crippen LogP contribution in [0.3, 0.4) is 0 Å². The Hall–Kier alpha value is -3.04. The molecule has 3 heterocycles. The van der Waals surface area contributed by atoms with Gasteiger partial charge in [-0.25, -0.2) is 9.80 Å². The van der Waals surface area contributed by atoms with E-state index in [1.54, 1.807) is 5.01 Å². The van der Waals surface area contributed by atoms with Crippen LogP contribution in [0.1, 0.15) is 37.2 Å². The maximum absolute atomic E-state index is 11.1. The molecule has 1 saturated carbocycles. The zero-order valence-corrected chi connectivity index (χ0v) is 20.0. The van der Waals surface area contributed by atoms with Gasteiger partial charge in [-0.3, -0.25) is 9.98 Å². The Balaban J connectivity index is 1.36. The molecule has 176 valence electrons. The third-order valence-electron chi connectivity index (χ3n) is 6.99. The van der Waals surface area contributed by atoms with Crippen LogP contribution in [0.4, 0.5) is 0 Å². The Kier molecular flexibility index (Phi) is 6.22. The van der Waals surface area contributed by atoms with Gasteiger partial charge in [-0.05, 0) is 59.2 Å². The number of halogens is 1. The van der Waals surface area contributed by atoms with Crippen LogP contribution in [0.2, 0.25) is 0 Å². The lowest BCUT2D eigenvalue weighted by molar-refractivity contribution is -0.150. The summed E-state index contributed by atoms with van der Waals surface area (Å²) in [7, 11) is 0. The number of aliphatic hydroxyl groups excluding tert-OH is 1. The Bertz CT molecular complexity index is 1160. The molecule has 3 atom stereocenters. The summed E-state index contributed by atoms with van der Waals surface area (Å²) in [6, 6.07) is 14.1. The Morgan fingerprint density at radius 2 is 1.85 bits per heavy atom. The lowest BCUT2D eigenvalue weighted by Crippen LogP contribution is -2.40. The van der Waals surface area contributed by atoms with Crippen LogP contribution >= 0.6 is 15.9 Å². The highest BCUT2D eigenvalue weighted by atomic mass is 79.9. The van der Waals surface area contributed by atoms with Gasteiger partial charge in [0, 0.05) is 23.9 Å². The molecule has 3 aliphatic rings. The number of hydrogen-bond donors (Lipinski definition) is 3. The van der Waals surface area contributed by atoms with Gasteiger partial charge in [0.15, 0.2) is 12.3 Å². The molecule has 2 aromatic rings. The smallest absolute Gasteiger partial charge is 0.332 e. The van der Waals surface area contributed by atoms with Crippen LogP contribution in [0.5, 0.6) is 0 Å². The molecule has 4 N–H and O–H groups in total. The summed E-state index contributed by atoms with van der Waals surface area (Å²) in [5, 5.41) is 25.3. The van der Waals surface area contributed by atoms with Crippen molar-refractivity contribution in [2.24, 2.45) is 27.7 Å². The van der Waals surface area contributed by atoms with Gasteiger partial charge in [0.05, 0.1) is 21.8 Å². The Morgan fingerprint density at radius 3 is 2.50 bits per heavy atom. The first-order chi connectivity index (χ1) is 16.4. The number of carboxylic acids is 1. The number of nitrogens with two attached hydrogens (primary N) is 1. The van der Waals surface area contributed by atoms with Crippen molar-refractivity contribution in [3.05, 3.63) is 64.5 Å². The summed E-state index contributed by atoms with van der Waals surface area (Å²) in [5.41, 5.74) is 10.3. The first-order valence-corrected chi connectivity index (χ1v) is 12.2. The normalized spacial score (nSPS) is 27.4. The van der Waals surface area contributed by atoms with Gasteiger partial charge in [0.25, 0.3) is 0 Å². The summed E-state index contributed by atoms with van der Waals surface area (Å²) >= 11 is 3.62. The number of pyridine rings is 1. The van der Waals surface area contributed by atoms with E-state index < -0.39 is 12.1 Å². The summed E-state index contributed by atoms with van der Waals surface area (Å²) < 4.78 is 0.737. The maximum Gasteiger partial charge on any atom is 0.332 e. The van der Waals surface area contributed by atoms with Crippen molar-refractivity contribution < 1.29 is 15.0 Å². The van der Waals surface area contributed by atoms with Crippen LogP contribution in [0.15, 0.2) is 69.1 Å². The molecule has 0 saturated heterocycles. The van der Waals surface area contributed by atoms with Crippen LogP contribution in [-0.4, -0.2) is 50.4 Å². The third kappa shape index (κ3) is 4.14. The molecule has 5 rings (SSSR count). The van der Waals surface area contributed by atoms with E-state index >= 15 is 0 Å².